The number of alkyl halides is 2. The van der Waals surface area contributed by atoms with Crippen LogP contribution in [0.2, 0.25) is 0 Å². The zero-order valence-electron chi connectivity index (χ0n) is 29.6. The Kier molecular flexibility index (Phi) is 12.0. The van der Waals surface area contributed by atoms with Gasteiger partial charge in [-0.25, -0.2) is 22.6 Å². The first-order valence-electron chi connectivity index (χ1n) is 18.3. The number of rotatable bonds is 11. The van der Waals surface area contributed by atoms with Gasteiger partial charge in [-0.05, 0) is 71.1 Å². The largest absolute Gasteiger partial charge is 0.375 e. The fourth-order valence-electron chi connectivity index (χ4n) is 9.26. The number of halogens is 2. The average Bonchev–Trinajstić information content (AvgIpc) is 3.81. The normalized spacial score (nSPS) is 41.5. The molecule has 0 bridgehead atoms. The lowest BCUT2D eigenvalue weighted by Gasteiger charge is -2.50. The van der Waals surface area contributed by atoms with Gasteiger partial charge in [0.25, 0.3) is 0 Å². The van der Waals surface area contributed by atoms with Gasteiger partial charge in [-0.2, -0.15) is 0 Å². The van der Waals surface area contributed by atoms with Crippen LogP contribution < -0.4 is 26.8 Å². The predicted molar refractivity (Wildman–Crippen MR) is 187 cm³/mol. The van der Waals surface area contributed by atoms with Crippen molar-refractivity contribution in [2.45, 2.75) is 147 Å². The third kappa shape index (κ3) is 7.70. The van der Waals surface area contributed by atoms with Crippen molar-refractivity contribution in [2.75, 3.05) is 34.3 Å². The maximum absolute atomic E-state index is 16.1. The Balaban J connectivity index is 1.12. The first-order valence-corrected chi connectivity index (χ1v) is 20.8. The number of sulfone groups is 1. The Labute approximate surface area is 298 Å². The van der Waals surface area contributed by atoms with Gasteiger partial charge in [-0.1, -0.05) is 0 Å². The molecule has 3 aliphatic heterocycles. The number of nitro groups is 1. The van der Waals surface area contributed by atoms with E-state index in [0.29, 0.717) is 32.4 Å². The number of hydrogen-bond donors (Lipinski definition) is 5. The number of methoxy groups -OCH3 is 1. The van der Waals surface area contributed by atoms with Crippen LogP contribution in [0.5, 0.6) is 0 Å². The van der Waals surface area contributed by atoms with E-state index in [2.05, 4.69) is 38.6 Å². The molecule has 0 aromatic carbocycles. The van der Waals surface area contributed by atoms with E-state index < -0.39 is 54.3 Å². The first kappa shape index (κ1) is 38.5. The lowest BCUT2D eigenvalue weighted by Crippen LogP contribution is -2.75. The molecule has 50 heavy (non-hydrogen) atoms. The summed E-state index contributed by atoms with van der Waals surface area (Å²) in [6.45, 7) is 3.49. The molecule has 12 atom stereocenters. The van der Waals surface area contributed by atoms with Crippen LogP contribution >= 0.6 is 11.8 Å². The molecule has 18 heteroatoms. The van der Waals surface area contributed by atoms with E-state index in [1.54, 1.807) is 26.1 Å². The zero-order chi connectivity index (χ0) is 36.0. The summed E-state index contributed by atoms with van der Waals surface area (Å²) in [5.74, 6) is -0.808. The van der Waals surface area contributed by atoms with Gasteiger partial charge in [0.15, 0.2) is 16.0 Å². The van der Waals surface area contributed by atoms with Gasteiger partial charge in [-0.3, -0.25) is 41.2 Å². The smallest absolute Gasteiger partial charge is 0.244 e. The fraction of sp³-hybridized carbons (Fsp3) is 0.969. The molecule has 1 amide bonds. The molecule has 0 radical (unpaired) electrons. The Morgan fingerprint density at radius 3 is 2.36 bits per heavy atom. The molecule has 3 saturated heterocycles. The van der Waals surface area contributed by atoms with Gasteiger partial charge in [-0.15, -0.1) is 11.8 Å². The van der Waals surface area contributed by atoms with Crippen LogP contribution in [-0.4, -0.2) is 133 Å². The van der Waals surface area contributed by atoms with E-state index >= 15 is 8.78 Å². The second kappa shape index (κ2) is 15.6. The number of piperidine rings is 1. The molecule has 6 aliphatic rings. The Hall–Kier alpha value is -1.25. The summed E-state index contributed by atoms with van der Waals surface area (Å²) in [7, 11) is 1.33. The number of likely N-dealkylation sites (tertiary alicyclic amines) is 1. The Bertz CT molecular complexity index is 1330. The van der Waals surface area contributed by atoms with E-state index in [-0.39, 0.29) is 80.1 Å². The summed E-state index contributed by atoms with van der Waals surface area (Å²) in [6, 6.07) is -1.10. The van der Waals surface area contributed by atoms with E-state index in [9.17, 15) is 23.3 Å². The minimum atomic E-state index is -3.91. The van der Waals surface area contributed by atoms with Gasteiger partial charge in [0.1, 0.15) is 17.8 Å². The molecule has 12 unspecified atom stereocenters. The topological polar surface area (TPSA) is 170 Å². The van der Waals surface area contributed by atoms with Crippen LogP contribution in [0.15, 0.2) is 0 Å². The standard InChI is InChI=1S/C32H56F2N8O6S2/c1-18-16-25(39-38-18)35-28-27(48-4)29(41-14-10-19(11-15-41)30(43)40(2)3)37-31(36-28)49-24-9-8-20(17-22(24)33)50(46,47)32(12-13-32)21-6-5-7-23(26(21)34)42(44)45/h18-29,31,35-39H,5-17H2,1-4H3. The number of carbonyl (C=O) groups excluding carboxylic acids is 1. The molecule has 0 aromatic heterocycles. The van der Waals surface area contributed by atoms with Gasteiger partial charge in [0.05, 0.1) is 28.5 Å². The number of amides is 1. The molecule has 3 aliphatic carbocycles. The highest BCUT2D eigenvalue weighted by atomic mass is 32.2. The zero-order valence-corrected chi connectivity index (χ0v) is 31.2. The van der Waals surface area contributed by atoms with Crippen LogP contribution in [0.1, 0.15) is 77.6 Å². The van der Waals surface area contributed by atoms with Crippen molar-refractivity contribution in [3.8, 4) is 0 Å². The molecule has 14 nitrogen and oxygen atoms in total. The number of carbonyl (C=O) groups is 1. The number of nitrogens with one attached hydrogen (secondary N) is 5. The Morgan fingerprint density at radius 1 is 1.06 bits per heavy atom. The van der Waals surface area contributed by atoms with Crippen LogP contribution in [0.25, 0.3) is 0 Å². The van der Waals surface area contributed by atoms with E-state index in [4.69, 9.17) is 4.74 Å². The lowest BCUT2D eigenvalue weighted by molar-refractivity contribution is -0.536. The van der Waals surface area contributed by atoms with Gasteiger partial charge in [0, 0.05) is 68.8 Å². The highest BCUT2D eigenvalue weighted by molar-refractivity contribution is 8.00. The molecule has 0 spiro atoms. The SMILES string of the molecule is COC1C(NC2CC(C)NN2)NC(SC2CCC(S(=O)(=O)C3(C4CCCC([N+](=O)[O-])C4F)CC3)CC2F)NC1N1CCC(C(=O)N(C)C)CC1. The van der Waals surface area contributed by atoms with Gasteiger partial charge in [0.2, 0.25) is 11.9 Å². The minimum absolute atomic E-state index is 0.0222. The summed E-state index contributed by atoms with van der Waals surface area (Å²) < 4.78 is 64.4. The van der Waals surface area contributed by atoms with Gasteiger partial charge >= 0.3 is 0 Å². The van der Waals surface area contributed by atoms with Crippen molar-refractivity contribution in [2.24, 2.45) is 11.8 Å². The van der Waals surface area contributed by atoms with Crippen LogP contribution in [0.3, 0.4) is 0 Å². The second-order valence-electron chi connectivity index (χ2n) is 15.6. The van der Waals surface area contributed by atoms with Crippen molar-refractivity contribution >= 4 is 27.5 Å². The van der Waals surface area contributed by atoms with Crippen molar-refractivity contribution in [3.63, 3.8) is 0 Å². The number of thioether (sulfide) groups is 1. The second-order valence-corrected chi connectivity index (χ2v) is 19.5. The lowest BCUT2D eigenvalue weighted by atomic mass is 9.81. The number of hydrazine groups is 1. The predicted octanol–water partition coefficient (Wildman–Crippen LogP) is 1.46. The maximum atomic E-state index is 16.1. The quantitative estimate of drug-likeness (QED) is 0.152. The van der Waals surface area contributed by atoms with Crippen LogP contribution in [0.4, 0.5) is 8.78 Å². The molecule has 3 heterocycles. The van der Waals surface area contributed by atoms with E-state index in [0.717, 1.165) is 19.3 Å². The fourth-order valence-corrected chi connectivity index (χ4v) is 13.5. The number of ether oxygens (including phenoxy) is 1. The maximum Gasteiger partial charge on any atom is 0.244 e. The molecule has 6 fully saturated rings. The highest BCUT2D eigenvalue weighted by Gasteiger charge is 2.66. The molecular weight excluding hydrogens is 695 g/mol. The molecular formula is C32H56F2N8O6S2. The summed E-state index contributed by atoms with van der Waals surface area (Å²) in [6.07, 6.45) is 0.102. The van der Waals surface area contributed by atoms with Crippen molar-refractivity contribution in [1.29, 1.82) is 0 Å². The number of nitrogens with zero attached hydrogens (tertiary/aromatic N) is 3. The summed E-state index contributed by atoms with van der Waals surface area (Å²) >= 11 is 1.42. The van der Waals surface area contributed by atoms with Crippen LogP contribution in [-0.2, 0) is 19.4 Å². The first-order chi connectivity index (χ1) is 23.8. The van der Waals surface area contributed by atoms with E-state index in [1.165, 1.54) is 11.8 Å². The Morgan fingerprint density at radius 2 is 1.78 bits per heavy atom. The molecule has 286 valence electrons. The van der Waals surface area contributed by atoms with Crippen LogP contribution in [0, 0.1) is 22.0 Å². The highest BCUT2D eigenvalue weighted by Crippen LogP contribution is 2.57. The van der Waals surface area contributed by atoms with Crippen molar-refractivity contribution in [1.82, 2.24) is 36.6 Å². The third-order valence-corrected chi connectivity index (χ3v) is 16.8. The molecule has 5 N–H and O–H groups in total. The summed E-state index contributed by atoms with van der Waals surface area (Å²) in [5, 5.41) is 21.0. The third-order valence-electron chi connectivity index (χ3n) is 12.2. The minimum Gasteiger partial charge on any atom is -0.375 e. The summed E-state index contributed by atoms with van der Waals surface area (Å²) in [5.41, 5.74) is 6.14. The molecule has 6 rings (SSSR count). The monoisotopic (exact) mass is 750 g/mol. The van der Waals surface area contributed by atoms with Crippen molar-refractivity contribution in [3.05, 3.63) is 10.1 Å². The van der Waals surface area contributed by atoms with Gasteiger partial charge < -0.3 is 9.64 Å². The number of hydrogen-bond acceptors (Lipinski definition) is 13. The molecule has 3 saturated carbocycles. The molecule has 0 aromatic rings. The van der Waals surface area contributed by atoms with Crippen molar-refractivity contribution < 1.29 is 31.7 Å². The average molecular weight is 751 g/mol. The van der Waals surface area contributed by atoms with E-state index in [1.807, 2.05) is 0 Å². The summed E-state index contributed by atoms with van der Waals surface area (Å²) in [4.78, 5) is 27.5.